The number of hydrogen-bond donors (Lipinski definition) is 2. The Hall–Kier alpha value is -0.290. The second kappa shape index (κ2) is 6.22. The fourth-order valence-electron chi connectivity index (χ4n) is 2.92. The van der Waals surface area contributed by atoms with Gasteiger partial charge in [-0.1, -0.05) is 48.3 Å². The predicted molar refractivity (Wildman–Crippen MR) is 87.5 cm³/mol. The van der Waals surface area contributed by atoms with E-state index in [2.05, 4.69) is 46.9 Å². The summed E-state index contributed by atoms with van der Waals surface area (Å²) in [5.41, 5.74) is 0.897. The fourth-order valence-corrected chi connectivity index (χ4v) is 3.62. The maximum atomic E-state index is 10.4. The molecule has 2 N–H and O–H groups in total. The van der Waals surface area contributed by atoms with Crippen LogP contribution in [0.1, 0.15) is 32.4 Å². The Morgan fingerprint density at radius 3 is 2.45 bits per heavy atom. The van der Waals surface area contributed by atoms with Crippen LogP contribution in [0.15, 0.2) is 16.6 Å². The Balaban J connectivity index is 2.49. The molecule has 1 fully saturated rings. The third-order valence-electron chi connectivity index (χ3n) is 3.73. The zero-order valence-electron chi connectivity index (χ0n) is 12.2. The molecule has 5 heteroatoms. The molecular weight excluding hydrogens is 340 g/mol. The minimum absolute atomic E-state index is 0.00201. The molecule has 0 amide bonds. The molecule has 1 aromatic rings. The number of rotatable bonds is 2. The number of phenols is 1. The third kappa shape index (κ3) is 3.30. The van der Waals surface area contributed by atoms with Crippen molar-refractivity contribution in [2.75, 3.05) is 26.2 Å². The highest BCUT2D eigenvalue weighted by Crippen LogP contribution is 2.46. The number of nitrogens with one attached hydrogen (secondary N) is 1. The van der Waals surface area contributed by atoms with E-state index in [0.29, 0.717) is 5.02 Å². The van der Waals surface area contributed by atoms with Gasteiger partial charge in [0.1, 0.15) is 5.75 Å². The van der Waals surface area contributed by atoms with Crippen LogP contribution < -0.4 is 5.32 Å². The molecule has 1 aliphatic rings. The van der Waals surface area contributed by atoms with Crippen molar-refractivity contribution in [3.63, 3.8) is 0 Å². The Bertz CT molecular complexity index is 481. The first-order chi connectivity index (χ1) is 9.32. The van der Waals surface area contributed by atoms with Crippen LogP contribution >= 0.6 is 27.5 Å². The Labute approximate surface area is 134 Å². The van der Waals surface area contributed by atoms with Gasteiger partial charge in [-0.25, -0.2) is 0 Å². The summed E-state index contributed by atoms with van der Waals surface area (Å²) in [4.78, 5) is 2.42. The summed E-state index contributed by atoms with van der Waals surface area (Å²) in [6, 6.07) is 3.76. The lowest BCUT2D eigenvalue weighted by atomic mass is 9.80. The highest BCUT2D eigenvalue weighted by Gasteiger charge is 2.36. The van der Waals surface area contributed by atoms with Crippen LogP contribution in [0.5, 0.6) is 5.75 Å². The van der Waals surface area contributed by atoms with Gasteiger partial charge in [0.05, 0.1) is 5.02 Å². The van der Waals surface area contributed by atoms with E-state index in [0.717, 1.165) is 36.2 Å². The van der Waals surface area contributed by atoms with Crippen molar-refractivity contribution in [2.24, 2.45) is 5.41 Å². The summed E-state index contributed by atoms with van der Waals surface area (Å²) < 4.78 is 0.915. The molecule has 112 valence electrons. The number of benzene rings is 1. The Morgan fingerprint density at radius 2 is 1.90 bits per heavy atom. The van der Waals surface area contributed by atoms with Gasteiger partial charge in [-0.05, 0) is 17.5 Å². The Morgan fingerprint density at radius 1 is 1.30 bits per heavy atom. The van der Waals surface area contributed by atoms with Crippen molar-refractivity contribution in [1.29, 1.82) is 0 Å². The van der Waals surface area contributed by atoms with Gasteiger partial charge in [0.2, 0.25) is 0 Å². The lowest BCUT2D eigenvalue weighted by Gasteiger charge is -2.43. The smallest absolute Gasteiger partial charge is 0.140 e. The van der Waals surface area contributed by atoms with Crippen LogP contribution in [0.2, 0.25) is 5.02 Å². The summed E-state index contributed by atoms with van der Waals surface area (Å²) in [6.07, 6.45) is 0. The molecule has 1 heterocycles. The lowest BCUT2D eigenvalue weighted by Crippen LogP contribution is -2.48. The molecule has 0 aliphatic carbocycles. The van der Waals surface area contributed by atoms with Crippen LogP contribution in [0.25, 0.3) is 0 Å². The highest BCUT2D eigenvalue weighted by molar-refractivity contribution is 9.10. The molecule has 1 aliphatic heterocycles. The first-order valence-corrected chi connectivity index (χ1v) is 8.11. The van der Waals surface area contributed by atoms with Crippen LogP contribution in [-0.4, -0.2) is 36.2 Å². The minimum Gasteiger partial charge on any atom is -0.506 e. The molecule has 1 aromatic carbocycles. The van der Waals surface area contributed by atoms with Crippen molar-refractivity contribution < 1.29 is 5.11 Å². The number of phenolic OH excluding ortho intramolecular Hbond substituents is 1. The van der Waals surface area contributed by atoms with Crippen molar-refractivity contribution >= 4 is 27.5 Å². The maximum absolute atomic E-state index is 10.4. The van der Waals surface area contributed by atoms with Crippen molar-refractivity contribution in [1.82, 2.24) is 10.2 Å². The number of nitrogens with zero attached hydrogens (tertiary/aromatic N) is 1. The molecule has 3 nitrogen and oxygen atoms in total. The summed E-state index contributed by atoms with van der Waals surface area (Å²) in [7, 11) is 0. The van der Waals surface area contributed by atoms with Gasteiger partial charge in [-0.15, -0.1) is 0 Å². The molecule has 0 unspecified atom stereocenters. The Kier molecular flexibility index (Phi) is 5.00. The molecule has 0 saturated carbocycles. The SMILES string of the molecule is CC(C)(C)[C@@H](c1c(Br)ccc(Cl)c1O)N1CCNCC1. The van der Waals surface area contributed by atoms with Gasteiger partial charge in [0.15, 0.2) is 0 Å². The molecule has 1 atom stereocenters. The van der Waals surface area contributed by atoms with E-state index in [9.17, 15) is 5.11 Å². The maximum Gasteiger partial charge on any atom is 0.140 e. The number of hydrogen-bond acceptors (Lipinski definition) is 3. The zero-order valence-corrected chi connectivity index (χ0v) is 14.6. The third-order valence-corrected chi connectivity index (χ3v) is 4.72. The van der Waals surface area contributed by atoms with E-state index in [-0.39, 0.29) is 17.2 Å². The lowest BCUT2D eigenvalue weighted by molar-refractivity contribution is 0.0837. The fraction of sp³-hybridized carbons (Fsp3) is 0.600. The van der Waals surface area contributed by atoms with Crippen LogP contribution in [0.4, 0.5) is 0 Å². The number of halogens is 2. The summed E-state index contributed by atoms with van der Waals surface area (Å²) in [5, 5.41) is 14.2. The van der Waals surface area contributed by atoms with Crippen LogP contribution in [0, 0.1) is 5.41 Å². The second-order valence-corrected chi connectivity index (χ2v) is 7.61. The topological polar surface area (TPSA) is 35.5 Å². The molecule has 0 spiro atoms. The van der Waals surface area contributed by atoms with E-state index >= 15 is 0 Å². The molecule has 2 rings (SSSR count). The zero-order chi connectivity index (χ0) is 14.9. The highest BCUT2D eigenvalue weighted by atomic mass is 79.9. The summed E-state index contributed by atoms with van der Waals surface area (Å²) in [6.45, 7) is 10.5. The second-order valence-electron chi connectivity index (χ2n) is 6.35. The van der Waals surface area contributed by atoms with Gasteiger partial charge >= 0.3 is 0 Å². The average Bonchev–Trinajstić information content (AvgIpc) is 2.39. The van der Waals surface area contributed by atoms with Gasteiger partial charge in [0.25, 0.3) is 0 Å². The quantitative estimate of drug-likeness (QED) is 0.841. The van der Waals surface area contributed by atoms with E-state index < -0.39 is 0 Å². The van der Waals surface area contributed by atoms with Crippen molar-refractivity contribution in [3.05, 3.63) is 27.2 Å². The minimum atomic E-state index is 0.00201. The first kappa shape index (κ1) is 16.1. The van der Waals surface area contributed by atoms with Gasteiger partial charge in [-0.3, -0.25) is 4.90 Å². The van der Waals surface area contributed by atoms with Crippen LogP contribution in [0.3, 0.4) is 0 Å². The van der Waals surface area contributed by atoms with Gasteiger partial charge in [-0.2, -0.15) is 0 Å². The molecule has 1 saturated heterocycles. The predicted octanol–water partition coefficient (Wildman–Crippen LogP) is 3.80. The largest absolute Gasteiger partial charge is 0.506 e. The summed E-state index contributed by atoms with van der Waals surface area (Å²) in [5.74, 6) is 0.194. The molecular formula is C15H22BrClN2O. The standard InChI is InChI=1S/C15H22BrClN2O/c1-15(2,3)14(19-8-6-18-7-9-19)12-10(16)4-5-11(17)13(12)20/h4-5,14,18,20H,6-9H2,1-3H3/t14-/m1/s1. The monoisotopic (exact) mass is 360 g/mol. The number of piperazine rings is 1. The van der Waals surface area contributed by atoms with Gasteiger partial charge < -0.3 is 10.4 Å². The van der Waals surface area contributed by atoms with E-state index in [1.165, 1.54) is 0 Å². The molecule has 20 heavy (non-hydrogen) atoms. The van der Waals surface area contributed by atoms with Crippen molar-refractivity contribution in [2.45, 2.75) is 26.8 Å². The van der Waals surface area contributed by atoms with E-state index in [1.807, 2.05) is 6.07 Å². The van der Waals surface area contributed by atoms with Crippen LogP contribution in [-0.2, 0) is 0 Å². The average molecular weight is 362 g/mol. The molecule has 0 radical (unpaired) electrons. The van der Waals surface area contributed by atoms with E-state index in [4.69, 9.17) is 11.6 Å². The van der Waals surface area contributed by atoms with Gasteiger partial charge in [0, 0.05) is 42.3 Å². The molecule has 0 bridgehead atoms. The normalized spacial score (nSPS) is 19.1. The molecule has 0 aromatic heterocycles. The summed E-state index contributed by atoms with van der Waals surface area (Å²) >= 11 is 9.70. The van der Waals surface area contributed by atoms with E-state index in [1.54, 1.807) is 6.07 Å². The van der Waals surface area contributed by atoms with Crippen molar-refractivity contribution in [3.8, 4) is 5.75 Å². The first-order valence-electron chi connectivity index (χ1n) is 6.94. The number of aromatic hydroxyl groups is 1.